The minimum Gasteiger partial charge on any atom is -0.372 e. The molecule has 1 fully saturated rings. The van der Waals surface area contributed by atoms with Crippen LogP contribution in [0.25, 0.3) is 0 Å². The third-order valence-electron chi connectivity index (χ3n) is 4.05. The number of rotatable bonds is 3. The smallest absolute Gasteiger partial charge is 0.173 e. The third kappa shape index (κ3) is 4.42. The first-order valence-electron chi connectivity index (χ1n) is 7.81. The maximum atomic E-state index is 5.74. The number of nitrogens with one attached hydrogen (secondary N) is 1. The molecule has 0 saturated carbocycles. The number of ether oxygens (including phenoxy) is 1. The second-order valence-corrected chi connectivity index (χ2v) is 6.41. The topological polar surface area (TPSA) is 24.5 Å². The first-order chi connectivity index (χ1) is 9.99. The van der Waals surface area contributed by atoms with Crippen LogP contribution in [0.5, 0.6) is 0 Å². The number of benzene rings is 1. The van der Waals surface area contributed by atoms with Gasteiger partial charge >= 0.3 is 0 Å². The summed E-state index contributed by atoms with van der Waals surface area (Å²) in [4.78, 5) is 2.19. The van der Waals surface area contributed by atoms with Crippen molar-refractivity contribution in [1.29, 1.82) is 0 Å². The van der Waals surface area contributed by atoms with Crippen molar-refractivity contribution < 1.29 is 4.74 Å². The molecule has 0 unspecified atom stereocenters. The fraction of sp³-hybridized carbons (Fsp3) is 0.588. The van der Waals surface area contributed by atoms with E-state index < -0.39 is 0 Å². The Labute approximate surface area is 133 Å². The third-order valence-corrected chi connectivity index (χ3v) is 4.41. The molecule has 0 aromatic heterocycles. The molecule has 3 atom stereocenters. The summed E-state index contributed by atoms with van der Waals surface area (Å²) in [5.74, 6) is 0.604. The van der Waals surface area contributed by atoms with Gasteiger partial charge in [-0.05, 0) is 56.1 Å². The van der Waals surface area contributed by atoms with Crippen molar-refractivity contribution in [3.8, 4) is 0 Å². The largest absolute Gasteiger partial charge is 0.372 e. The van der Waals surface area contributed by atoms with Crippen molar-refractivity contribution >= 4 is 23.0 Å². The predicted molar refractivity (Wildman–Crippen MR) is 93.0 cm³/mol. The zero-order chi connectivity index (χ0) is 15.4. The molecule has 0 aliphatic carbocycles. The second kappa shape index (κ2) is 7.23. The zero-order valence-electron chi connectivity index (χ0n) is 13.4. The normalized spacial score (nSPS) is 23.7. The monoisotopic (exact) mass is 306 g/mol. The van der Waals surface area contributed by atoms with E-state index in [9.17, 15) is 0 Å². The van der Waals surface area contributed by atoms with Crippen molar-refractivity contribution in [3.63, 3.8) is 0 Å². The van der Waals surface area contributed by atoms with Crippen LogP contribution < -0.4 is 5.32 Å². The summed E-state index contributed by atoms with van der Waals surface area (Å²) in [7, 11) is 0. The summed E-state index contributed by atoms with van der Waals surface area (Å²) in [6, 6.07) is 8.59. The van der Waals surface area contributed by atoms with E-state index in [2.05, 4.69) is 62.2 Å². The van der Waals surface area contributed by atoms with Gasteiger partial charge < -0.3 is 15.0 Å². The lowest BCUT2D eigenvalue weighted by atomic mass is 9.99. The lowest BCUT2D eigenvalue weighted by Gasteiger charge is -2.36. The Balaban J connectivity index is 1.96. The van der Waals surface area contributed by atoms with Crippen LogP contribution in [0.3, 0.4) is 0 Å². The van der Waals surface area contributed by atoms with Gasteiger partial charge in [-0.25, -0.2) is 0 Å². The van der Waals surface area contributed by atoms with Crippen molar-refractivity contribution in [2.45, 2.75) is 52.2 Å². The van der Waals surface area contributed by atoms with Gasteiger partial charge in [-0.15, -0.1) is 0 Å². The maximum absolute atomic E-state index is 5.74. The van der Waals surface area contributed by atoms with Crippen LogP contribution >= 0.6 is 12.2 Å². The van der Waals surface area contributed by atoms with Crippen LogP contribution in [0.15, 0.2) is 24.3 Å². The highest BCUT2D eigenvalue weighted by atomic mass is 32.1. The first-order valence-corrected chi connectivity index (χ1v) is 8.21. The molecule has 0 spiro atoms. The Kier molecular flexibility index (Phi) is 5.59. The van der Waals surface area contributed by atoms with Gasteiger partial charge in [0.1, 0.15) is 0 Å². The molecule has 1 aliphatic heterocycles. The average molecular weight is 306 g/mol. The summed E-state index contributed by atoms with van der Waals surface area (Å²) in [6.45, 7) is 10.3. The molecule has 1 aromatic carbocycles. The van der Waals surface area contributed by atoms with Crippen molar-refractivity contribution in [2.24, 2.45) is 0 Å². The second-order valence-electron chi connectivity index (χ2n) is 6.02. The molecule has 1 N–H and O–H groups in total. The standard InChI is InChI=1S/C17H26N2OS/c1-5-12(2)15-6-8-16(9-7-15)18-17(21)19-10-13(3)20-14(4)11-19/h6-9,12-14H,5,10-11H2,1-4H3,(H,18,21)/t12-,13-,14-/m1/s1. The lowest BCUT2D eigenvalue weighted by Crippen LogP contribution is -2.49. The number of hydrogen-bond donors (Lipinski definition) is 1. The van der Waals surface area contributed by atoms with Gasteiger partial charge in [0.05, 0.1) is 12.2 Å². The van der Waals surface area contributed by atoms with Crippen LogP contribution in [-0.4, -0.2) is 35.3 Å². The SMILES string of the molecule is CC[C@@H](C)c1ccc(NC(=S)N2C[C@@H](C)O[C@H](C)C2)cc1. The Bertz CT molecular complexity index is 464. The molecular formula is C17H26N2OS. The molecule has 1 aromatic rings. The van der Waals surface area contributed by atoms with Crippen LogP contribution in [0, 0.1) is 0 Å². The van der Waals surface area contributed by atoms with E-state index in [-0.39, 0.29) is 12.2 Å². The molecule has 1 saturated heterocycles. The number of hydrogen-bond acceptors (Lipinski definition) is 2. The zero-order valence-corrected chi connectivity index (χ0v) is 14.2. The van der Waals surface area contributed by atoms with Gasteiger partial charge in [0.2, 0.25) is 0 Å². The van der Waals surface area contributed by atoms with Crippen LogP contribution in [0.1, 0.15) is 45.6 Å². The first kappa shape index (κ1) is 16.2. The van der Waals surface area contributed by atoms with E-state index in [4.69, 9.17) is 17.0 Å². The van der Waals surface area contributed by atoms with E-state index in [0.29, 0.717) is 5.92 Å². The Hall–Kier alpha value is -1.13. The molecule has 21 heavy (non-hydrogen) atoms. The minimum absolute atomic E-state index is 0.223. The van der Waals surface area contributed by atoms with Crippen molar-refractivity contribution in [1.82, 2.24) is 4.90 Å². The van der Waals surface area contributed by atoms with Gasteiger partial charge in [0.25, 0.3) is 0 Å². The summed E-state index contributed by atoms with van der Waals surface area (Å²) >= 11 is 5.53. The van der Waals surface area contributed by atoms with Gasteiger partial charge in [-0.2, -0.15) is 0 Å². The molecule has 116 valence electrons. The molecule has 2 rings (SSSR count). The van der Waals surface area contributed by atoms with E-state index in [1.54, 1.807) is 0 Å². The molecule has 1 heterocycles. The van der Waals surface area contributed by atoms with E-state index >= 15 is 0 Å². The van der Waals surface area contributed by atoms with Crippen molar-refractivity contribution in [3.05, 3.63) is 29.8 Å². The average Bonchev–Trinajstić information content (AvgIpc) is 2.46. The van der Waals surface area contributed by atoms with Crippen LogP contribution in [0.2, 0.25) is 0 Å². The van der Waals surface area contributed by atoms with Gasteiger partial charge in [0.15, 0.2) is 5.11 Å². The number of anilines is 1. The lowest BCUT2D eigenvalue weighted by molar-refractivity contribution is -0.0473. The van der Waals surface area contributed by atoms with E-state index in [0.717, 1.165) is 30.3 Å². The molecule has 1 aliphatic rings. The van der Waals surface area contributed by atoms with Gasteiger partial charge in [-0.1, -0.05) is 26.0 Å². The van der Waals surface area contributed by atoms with Crippen LogP contribution in [0.4, 0.5) is 5.69 Å². The highest BCUT2D eigenvalue weighted by molar-refractivity contribution is 7.80. The quantitative estimate of drug-likeness (QED) is 0.853. The minimum atomic E-state index is 0.223. The summed E-state index contributed by atoms with van der Waals surface area (Å²) < 4.78 is 5.74. The molecule has 3 nitrogen and oxygen atoms in total. The highest BCUT2D eigenvalue weighted by Crippen LogP contribution is 2.21. The van der Waals surface area contributed by atoms with Gasteiger partial charge in [0, 0.05) is 18.8 Å². The maximum Gasteiger partial charge on any atom is 0.173 e. The summed E-state index contributed by atoms with van der Waals surface area (Å²) in [5.41, 5.74) is 2.43. The Morgan fingerprint density at radius 3 is 2.38 bits per heavy atom. The Morgan fingerprint density at radius 1 is 1.29 bits per heavy atom. The van der Waals surface area contributed by atoms with E-state index in [1.165, 1.54) is 5.56 Å². The Morgan fingerprint density at radius 2 is 1.86 bits per heavy atom. The fourth-order valence-corrected chi connectivity index (χ4v) is 2.94. The predicted octanol–water partition coefficient (Wildman–Crippen LogP) is 4.01. The van der Waals surface area contributed by atoms with Gasteiger partial charge in [-0.3, -0.25) is 0 Å². The van der Waals surface area contributed by atoms with E-state index in [1.807, 2.05) is 0 Å². The number of thiocarbonyl (C=S) groups is 1. The molecule has 0 amide bonds. The number of nitrogens with zero attached hydrogens (tertiary/aromatic N) is 1. The molecule has 0 radical (unpaired) electrons. The number of morpholine rings is 1. The fourth-order valence-electron chi connectivity index (χ4n) is 2.68. The molecule has 0 bridgehead atoms. The molecule has 4 heteroatoms. The summed E-state index contributed by atoms with van der Waals surface area (Å²) in [5, 5.41) is 4.12. The van der Waals surface area contributed by atoms with Crippen LogP contribution in [-0.2, 0) is 4.74 Å². The molecular weight excluding hydrogens is 280 g/mol. The highest BCUT2D eigenvalue weighted by Gasteiger charge is 2.23. The van der Waals surface area contributed by atoms with Crippen molar-refractivity contribution in [2.75, 3.05) is 18.4 Å². The summed E-state index contributed by atoms with van der Waals surface area (Å²) in [6.07, 6.45) is 1.61.